The molecule has 3 heteroatoms. The molecule has 1 rings (SSSR count). The van der Waals surface area contributed by atoms with Crippen LogP contribution < -0.4 is 10.3 Å². The monoisotopic (exact) mass is 153 g/mol. The zero-order chi connectivity index (χ0) is 8.10. The first kappa shape index (κ1) is 7.85. The highest BCUT2D eigenvalue weighted by molar-refractivity contribution is 5.15. The Morgan fingerprint density at radius 2 is 2.36 bits per heavy atom. The van der Waals surface area contributed by atoms with Crippen LogP contribution in [0.2, 0.25) is 0 Å². The highest BCUT2D eigenvalue weighted by Gasteiger charge is 1.89. The molecule has 0 saturated heterocycles. The fraction of sp³-hybridized carbons (Fsp3) is 0.375. The average molecular weight is 153 g/mol. The van der Waals surface area contributed by atoms with Crippen molar-refractivity contribution in [2.45, 2.75) is 13.3 Å². The Balaban J connectivity index is 2.59. The lowest BCUT2D eigenvalue weighted by molar-refractivity contribution is 0.316. The van der Waals surface area contributed by atoms with Crippen molar-refractivity contribution in [1.82, 2.24) is 4.98 Å². The fourth-order valence-corrected chi connectivity index (χ4v) is 0.706. The maximum atomic E-state index is 10.6. The first-order valence-corrected chi connectivity index (χ1v) is 3.64. The Morgan fingerprint density at radius 3 is 2.91 bits per heavy atom. The van der Waals surface area contributed by atoms with E-state index in [0.717, 1.165) is 6.42 Å². The minimum Gasteiger partial charge on any atom is -0.492 e. The van der Waals surface area contributed by atoms with E-state index in [-0.39, 0.29) is 5.56 Å². The second kappa shape index (κ2) is 3.81. The molecule has 0 unspecified atom stereocenters. The van der Waals surface area contributed by atoms with Crippen molar-refractivity contribution in [3.63, 3.8) is 0 Å². The second-order valence-electron chi connectivity index (χ2n) is 2.24. The van der Waals surface area contributed by atoms with Crippen LogP contribution in [-0.4, -0.2) is 11.6 Å². The number of ether oxygens (including phenoxy) is 1. The van der Waals surface area contributed by atoms with Gasteiger partial charge in [0, 0.05) is 12.3 Å². The number of hydrogen-bond acceptors (Lipinski definition) is 2. The van der Waals surface area contributed by atoms with E-state index in [2.05, 4.69) is 4.98 Å². The van der Waals surface area contributed by atoms with Gasteiger partial charge in [0.2, 0.25) is 5.56 Å². The zero-order valence-electron chi connectivity index (χ0n) is 6.46. The number of H-pyrrole nitrogens is 1. The van der Waals surface area contributed by atoms with Gasteiger partial charge in [-0.05, 0) is 12.5 Å². The van der Waals surface area contributed by atoms with Gasteiger partial charge in [-0.15, -0.1) is 0 Å². The summed E-state index contributed by atoms with van der Waals surface area (Å²) in [4.78, 5) is 13.1. The Bertz CT molecular complexity index is 247. The highest BCUT2D eigenvalue weighted by Crippen LogP contribution is 2.03. The summed E-state index contributed by atoms with van der Waals surface area (Å²) < 4.78 is 5.24. The summed E-state index contributed by atoms with van der Waals surface area (Å²) in [6.07, 6.45) is 2.54. The summed E-state index contributed by atoms with van der Waals surface area (Å²) >= 11 is 0. The molecule has 3 nitrogen and oxygen atoms in total. The normalized spacial score (nSPS) is 9.55. The quantitative estimate of drug-likeness (QED) is 0.708. The molecule has 1 aromatic rings. The Kier molecular flexibility index (Phi) is 2.72. The van der Waals surface area contributed by atoms with E-state index in [1.807, 2.05) is 6.92 Å². The molecule has 1 N–H and O–H groups in total. The third kappa shape index (κ3) is 2.45. The molecule has 1 heterocycles. The molecule has 0 amide bonds. The lowest BCUT2D eigenvalue weighted by atomic mass is 10.4. The van der Waals surface area contributed by atoms with Crippen molar-refractivity contribution >= 4 is 0 Å². The van der Waals surface area contributed by atoms with Crippen LogP contribution in [0.4, 0.5) is 0 Å². The average Bonchev–Trinajstić information content (AvgIpc) is 2.04. The standard InChI is InChI=1S/C8H11NO2/c1-2-5-11-7-3-4-8(10)9-6-7/h3-4,6H,2,5H2,1H3,(H,9,10). The third-order valence-corrected chi connectivity index (χ3v) is 1.23. The SMILES string of the molecule is CCCOc1ccc(=O)[nH]c1. The highest BCUT2D eigenvalue weighted by atomic mass is 16.5. The molecule has 0 aliphatic rings. The minimum absolute atomic E-state index is 0.103. The van der Waals surface area contributed by atoms with Crippen LogP contribution in [0.1, 0.15) is 13.3 Å². The van der Waals surface area contributed by atoms with Gasteiger partial charge in [-0.3, -0.25) is 4.79 Å². The predicted octanol–water partition coefficient (Wildman–Crippen LogP) is 1.16. The van der Waals surface area contributed by atoms with Crippen LogP contribution in [0.3, 0.4) is 0 Å². The molecule has 0 fully saturated rings. The Labute approximate surface area is 65.0 Å². The summed E-state index contributed by atoms with van der Waals surface area (Å²) in [7, 11) is 0. The predicted molar refractivity (Wildman–Crippen MR) is 42.8 cm³/mol. The summed E-state index contributed by atoms with van der Waals surface area (Å²) in [5, 5.41) is 0. The number of pyridine rings is 1. The van der Waals surface area contributed by atoms with Gasteiger partial charge in [-0.25, -0.2) is 0 Å². The van der Waals surface area contributed by atoms with Crippen LogP contribution in [0, 0.1) is 0 Å². The largest absolute Gasteiger partial charge is 0.492 e. The molecule has 0 atom stereocenters. The Hall–Kier alpha value is -1.25. The van der Waals surface area contributed by atoms with E-state index in [0.29, 0.717) is 12.4 Å². The second-order valence-corrected chi connectivity index (χ2v) is 2.24. The van der Waals surface area contributed by atoms with E-state index < -0.39 is 0 Å². The van der Waals surface area contributed by atoms with Gasteiger partial charge in [0.05, 0.1) is 6.61 Å². The van der Waals surface area contributed by atoms with Crippen LogP contribution >= 0.6 is 0 Å². The van der Waals surface area contributed by atoms with Gasteiger partial charge in [0.1, 0.15) is 5.75 Å². The van der Waals surface area contributed by atoms with Crippen LogP contribution in [0.15, 0.2) is 23.1 Å². The topological polar surface area (TPSA) is 42.1 Å². The van der Waals surface area contributed by atoms with Crippen molar-refractivity contribution in [1.29, 1.82) is 0 Å². The molecule has 0 saturated carbocycles. The van der Waals surface area contributed by atoms with Crippen molar-refractivity contribution < 1.29 is 4.74 Å². The molecule has 0 aliphatic heterocycles. The summed E-state index contributed by atoms with van der Waals surface area (Å²) in [6, 6.07) is 3.11. The molecule has 0 aliphatic carbocycles. The number of aromatic nitrogens is 1. The van der Waals surface area contributed by atoms with Gasteiger partial charge >= 0.3 is 0 Å². The smallest absolute Gasteiger partial charge is 0.248 e. The molecule has 0 aromatic carbocycles. The van der Waals surface area contributed by atoms with E-state index >= 15 is 0 Å². The van der Waals surface area contributed by atoms with Gasteiger partial charge in [0.25, 0.3) is 0 Å². The summed E-state index contributed by atoms with van der Waals surface area (Å²) in [5.41, 5.74) is -0.103. The van der Waals surface area contributed by atoms with E-state index in [1.54, 1.807) is 12.3 Å². The number of rotatable bonds is 3. The lowest BCUT2D eigenvalue weighted by Crippen LogP contribution is -2.03. The van der Waals surface area contributed by atoms with Gasteiger partial charge < -0.3 is 9.72 Å². The minimum atomic E-state index is -0.103. The van der Waals surface area contributed by atoms with E-state index in [9.17, 15) is 4.79 Å². The molecule has 60 valence electrons. The van der Waals surface area contributed by atoms with Gasteiger partial charge in [-0.1, -0.05) is 6.92 Å². The number of hydrogen-bond donors (Lipinski definition) is 1. The maximum absolute atomic E-state index is 10.6. The lowest BCUT2D eigenvalue weighted by Gasteiger charge is -2.01. The first-order chi connectivity index (χ1) is 5.33. The van der Waals surface area contributed by atoms with Crippen LogP contribution in [0.5, 0.6) is 5.75 Å². The van der Waals surface area contributed by atoms with Crippen molar-refractivity contribution in [3.05, 3.63) is 28.7 Å². The molecule has 0 radical (unpaired) electrons. The number of aromatic amines is 1. The third-order valence-electron chi connectivity index (χ3n) is 1.23. The van der Waals surface area contributed by atoms with Crippen molar-refractivity contribution in [3.8, 4) is 5.75 Å². The van der Waals surface area contributed by atoms with Crippen molar-refractivity contribution in [2.24, 2.45) is 0 Å². The van der Waals surface area contributed by atoms with E-state index in [1.165, 1.54) is 6.07 Å². The van der Waals surface area contributed by atoms with E-state index in [4.69, 9.17) is 4.74 Å². The Morgan fingerprint density at radius 1 is 1.55 bits per heavy atom. The van der Waals surface area contributed by atoms with Gasteiger partial charge in [0.15, 0.2) is 0 Å². The van der Waals surface area contributed by atoms with Crippen LogP contribution in [-0.2, 0) is 0 Å². The first-order valence-electron chi connectivity index (χ1n) is 3.64. The molecular formula is C8H11NO2. The van der Waals surface area contributed by atoms with Crippen molar-refractivity contribution in [2.75, 3.05) is 6.61 Å². The zero-order valence-corrected chi connectivity index (χ0v) is 6.46. The molecule has 1 aromatic heterocycles. The number of nitrogens with one attached hydrogen (secondary N) is 1. The van der Waals surface area contributed by atoms with Crippen LogP contribution in [0.25, 0.3) is 0 Å². The summed E-state index contributed by atoms with van der Waals surface area (Å²) in [6.45, 7) is 2.72. The fourth-order valence-electron chi connectivity index (χ4n) is 0.706. The molecule has 0 bridgehead atoms. The molecule has 11 heavy (non-hydrogen) atoms. The summed E-state index contributed by atoms with van der Waals surface area (Å²) in [5.74, 6) is 0.714. The molecule has 0 spiro atoms. The molecular weight excluding hydrogens is 142 g/mol. The van der Waals surface area contributed by atoms with Gasteiger partial charge in [-0.2, -0.15) is 0 Å². The maximum Gasteiger partial charge on any atom is 0.248 e.